The molecule has 0 aliphatic carbocycles. The summed E-state index contributed by atoms with van der Waals surface area (Å²) in [6, 6.07) is 1.39. The first-order chi connectivity index (χ1) is 7.79. The summed E-state index contributed by atoms with van der Waals surface area (Å²) < 4.78 is 1.87. The molecule has 2 aromatic rings. The third kappa shape index (κ3) is 2.36. The molecule has 0 aliphatic rings. The van der Waals surface area contributed by atoms with Gasteiger partial charge in [-0.3, -0.25) is 9.48 Å². The second kappa shape index (κ2) is 4.74. The molecule has 16 heavy (non-hydrogen) atoms. The summed E-state index contributed by atoms with van der Waals surface area (Å²) in [6.45, 7) is 3.04. The normalized spacial score (nSPS) is 10.6. The summed E-state index contributed by atoms with van der Waals surface area (Å²) >= 11 is 0. The molecule has 0 saturated carbocycles. The molecule has 2 aromatic heterocycles. The molecule has 0 fully saturated rings. The predicted molar refractivity (Wildman–Crippen MR) is 61.0 cm³/mol. The van der Waals surface area contributed by atoms with Crippen LogP contribution in [0.3, 0.4) is 0 Å². The molecule has 5 heteroatoms. The van der Waals surface area contributed by atoms with E-state index in [9.17, 15) is 4.79 Å². The molecular weight excluding hydrogens is 204 g/mol. The van der Waals surface area contributed by atoms with Crippen molar-refractivity contribution in [3.8, 4) is 11.4 Å². The molecule has 0 saturated heterocycles. The van der Waals surface area contributed by atoms with E-state index in [1.54, 1.807) is 6.20 Å². The van der Waals surface area contributed by atoms with Crippen LogP contribution in [0.15, 0.2) is 29.5 Å². The Morgan fingerprint density at radius 3 is 3.12 bits per heavy atom. The first-order valence-electron chi connectivity index (χ1n) is 5.38. The largest absolute Gasteiger partial charge is 0.306 e. The molecule has 1 N–H and O–H groups in total. The molecule has 0 atom stereocenters. The highest BCUT2D eigenvalue weighted by molar-refractivity contribution is 5.51. The van der Waals surface area contributed by atoms with Crippen LogP contribution in [0.5, 0.6) is 0 Å². The number of hydrogen-bond acceptors (Lipinski definition) is 3. The number of H-pyrrole nitrogens is 1. The van der Waals surface area contributed by atoms with Crippen LogP contribution < -0.4 is 5.56 Å². The lowest BCUT2D eigenvalue weighted by Gasteiger charge is -1.97. The maximum Gasteiger partial charge on any atom is 0.251 e. The van der Waals surface area contributed by atoms with Gasteiger partial charge in [-0.25, -0.2) is 4.98 Å². The Morgan fingerprint density at radius 2 is 2.38 bits per heavy atom. The van der Waals surface area contributed by atoms with E-state index in [1.165, 1.54) is 12.3 Å². The van der Waals surface area contributed by atoms with Crippen LogP contribution in [-0.4, -0.2) is 19.7 Å². The van der Waals surface area contributed by atoms with E-state index in [0.29, 0.717) is 5.82 Å². The second-order valence-corrected chi connectivity index (χ2v) is 3.63. The maximum absolute atomic E-state index is 11.1. The van der Waals surface area contributed by atoms with Crippen LogP contribution in [0.2, 0.25) is 0 Å². The molecule has 0 unspecified atom stereocenters. The van der Waals surface area contributed by atoms with Crippen LogP contribution in [0.25, 0.3) is 11.4 Å². The van der Waals surface area contributed by atoms with Crippen molar-refractivity contribution in [2.24, 2.45) is 0 Å². The minimum Gasteiger partial charge on any atom is -0.306 e. The molecule has 0 bridgehead atoms. The average molecular weight is 218 g/mol. The SMILES string of the molecule is CCCCn1cc(-c2nccc(=O)[nH]2)cn1. The van der Waals surface area contributed by atoms with Gasteiger partial charge in [-0.05, 0) is 6.42 Å². The summed E-state index contributed by atoms with van der Waals surface area (Å²) in [7, 11) is 0. The zero-order valence-electron chi connectivity index (χ0n) is 9.18. The first kappa shape index (κ1) is 10.6. The fourth-order valence-corrected chi connectivity index (χ4v) is 1.45. The number of aromatic nitrogens is 4. The van der Waals surface area contributed by atoms with E-state index >= 15 is 0 Å². The van der Waals surface area contributed by atoms with E-state index in [2.05, 4.69) is 22.0 Å². The molecule has 84 valence electrons. The van der Waals surface area contributed by atoms with Crippen molar-refractivity contribution >= 4 is 0 Å². The topological polar surface area (TPSA) is 63.6 Å². The van der Waals surface area contributed by atoms with Gasteiger partial charge in [-0.1, -0.05) is 13.3 Å². The number of aromatic amines is 1. The highest BCUT2D eigenvalue weighted by Crippen LogP contribution is 2.11. The van der Waals surface area contributed by atoms with Crippen molar-refractivity contribution in [3.05, 3.63) is 35.0 Å². The van der Waals surface area contributed by atoms with Crippen molar-refractivity contribution < 1.29 is 0 Å². The molecule has 2 rings (SSSR count). The minimum absolute atomic E-state index is 0.147. The van der Waals surface area contributed by atoms with Gasteiger partial charge >= 0.3 is 0 Å². The Kier molecular flexibility index (Phi) is 3.14. The third-order valence-electron chi connectivity index (χ3n) is 2.32. The van der Waals surface area contributed by atoms with Gasteiger partial charge in [0.05, 0.1) is 11.8 Å². The molecular formula is C11H14N4O. The molecule has 0 aliphatic heterocycles. The van der Waals surface area contributed by atoms with Gasteiger partial charge in [-0.2, -0.15) is 5.10 Å². The molecule has 0 aromatic carbocycles. The molecule has 0 amide bonds. The summed E-state index contributed by atoms with van der Waals surface area (Å²) in [5.41, 5.74) is 0.695. The Morgan fingerprint density at radius 1 is 1.50 bits per heavy atom. The molecule has 0 radical (unpaired) electrons. The standard InChI is InChI=1S/C11H14N4O/c1-2-3-6-15-8-9(7-13-15)11-12-5-4-10(16)14-11/h4-5,7-8H,2-3,6H2,1H3,(H,12,14,16). The van der Waals surface area contributed by atoms with Crippen LogP contribution in [-0.2, 0) is 6.54 Å². The quantitative estimate of drug-likeness (QED) is 0.844. The van der Waals surface area contributed by atoms with Gasteiger partial charge in [0.15, 0.2) is 0 Å². The number of unbranched alkanes of at least 4 members (excludes halogenated alkanes) is 1. The number of aryl methyl sites for hydroxylation is 1. The van der Waals surface area contributed by atoms with Gasteiger partial charge in [0.1, 0.15) is 5.82 Å². The van der Waals surface area contributed by atoms with Crippen molar-refractivity contribution in [2.45, 2.75) is 26.3 Å². The third-order valence-corrected chi connectivity index (χ3v) is 2.32. The summed E-state index contributed by atoms with van der Waals surface area (Å²) in [6.07, 6.45) is 7.34. The smallest absolute Gasteiger partial charge is 0.251 e. The fraction of sp³-hybridized carbons (Fsp3) is 0.364. The number of hydrogen-bond donors (Lipinski definition) is 1. The highest BCUT2D eigenvalue weighted by Gasteiger charge is 2.03. The predicted octanol–water partition coefficient (Wildman–Crippen LogP) is 1.43. The lowest BCUT2D eigenvalue weighted by molar-refractivity contribution is 0.572. The number of rotatable bonds is 4. The van der Waals surface area contributed by atoms with Gasteiger partial charge in [0, 0.05) is 25.0 Å². The Labute approximate surface area is 93.2 Å². The van der Waals surface area contributed by atoms with Gasteiger partial charge in [0.2, 0.25) is 0 Å². The molecule has 2 heterocycles. The van der Waals surface area contributed by atoms with E-state index in [4.69, 9.17) is 0 Å². The maximum atomic E-state index is 11.1. The lowest BCUT2D eigenvalue weighted by Crippen LogP contribution is -2.05. The van der Waals surface area contributed by atoms with Crippen molar-refractivity contribution in [2.75, 3.05) is 0 Å². The van der Waals surface area contributed by atoms with Crippen molar-refractivity contribution in [1.29, 1.82) is 0 Å². The van der Waals surface area contributed by atoms with Crippen LogP contribution in [0.1, 0.15) is 19.8 Å². The fourth-order valence-electron chi connectivity index (χ4n) is 1.45. The van der Waals surface area contributed by atoms with Crippen LogP contribution >= 0.6 is 0 Å². The Bertz CT molecular complexity index is 514. The minimum atomic E-state index is -0.147. The number of nitrogens with zero attached hydrogens (tertiary/aromatic N) is 3. The first-order valence-corrected chi connectivity index (χ1v) is 5.38. The van der Waals surface area contributed by atoms with Crippen molar-refractivity contribution in [1.82, 2.24) is 19.7 Å². The Balaban J connectivity index is 2.21. The number of nitrogens with one attached hydrogen (secondary N) is 1. The molecule has 0 spiro atoms. The lowest BCUT2D eigenvalue weighted by atomic mass is 10.3. The zero-order valence-corrected chi connectivity index (χ0v) is 9.18. The van der Waals surface area contributed by atoms with E-state index < -0.39 is 0 Å². The summed E-state index contributed by atoms with van der Waals surface area (Å²) in [4.78, 5) is 17.9. The van der Waals surface area contributed by atoms with E-state index in [0.717, 1.165) is 24.9 Å². The monoisotopic (exact) mass is 218 g/mol. The van der Waals surface area contributed by atoms with E-state index in [1.807, 2.05) is 10.9 Å². The summed E-state index contributed by atoms with van der Waals surface area (Å²) in [5, 5.41) is 4.21. The zero-order chi connectivity index (χ0) is 11.4. The average Bonchev–Trinajstić information content (AvgIpc) is 2.75. The van der Waals surface area contributed by atoms with Crippen molar-refractivity contribution in [3.63, 3.8) is 0 Å². The van der Waals surface area contributed by atoms with E-state index in [-0.39, 0.29) is 5.56 Å². The van der Waals surface area contributed by atoms with Gasteiger partial charge in [-0.15, -0.1) is 0 Å². The van der Waals surface area contributed by atoms with Gasteiger partial charge < -0.3 is 4.98 Å². The second-order valence-electron chi connectivity index (χ2n) is 3.63. The Hall–Kier alpha value is -1.91. The highest BCUT2D eigenvalue weighted by atomic mass is 16.1. The van der Waals surface area contributed by atoms with Gasteiger partial charge in [0.25, 0.3) is 5.56 Å². The van der Waals surface area contributed by atoms with Crippen LogP contribution in [0.4, 0.5) is 0 Å². The molecule has 5 nitrogen and oxygen atoms in total. The van der Waals surface area contributed by atoms with Crippen LogP contribution in [0, 0.1) is 0 Å². The summed E-state index contributed by atoms with van der Waals surface area (Å²) in [5.74, 6) is 0.565.